The quantitative estimate of drug-likeness (QED) is 0.718. The Morgan fingerprint density at radius 1 is 1.26 bits per heavy atom. The van der Waals surface area contributed by atoms with Crippen molar-refractivity contribution in [2.75, 3.05) is 32.8 Å². The van der Waals surface area contributed by atoms with Crippen LogP contribution in [0.2, 0.25) is 0 Å². The molecule has 2 atom stereocenters. The number of benzene rings is 1. The molecule has 146 valence electrons. The summed E-state index contributed by atoms with van der Waals surface area (Å²) in [5.41, 5.74) is 1.12. The van der Waals surface area contributed by atoms with Crippen LogP contribution in [0.1, 0.15) is 18.9 Å². The summed E-state index contributed by atoms with van der Waals surface area (Å²) >= 11 is 0. The van der Waals surface area contributed by atoms with E-state index in [1.807, 2.05) is 37.3 Å². The van der Waals surface area contributed by atoms with Gasteiger partial charge in [-0.1, -0.05) is 30.3 Å². The average molecular weight is 374 g/mol. The second-order valence-corrected chi connectivity index (χ2v) is 6.86. The molecule has 2 fully saturated rings. The molecule has 2 aliphatic rings. The summed E-state index contributed by atoms with van der Waals surface area (Å²) in [5, 5.41) is 5.84. The lowest BCUT2D eigenvalue weighted by Gasteiger charge is -2.23. The van der Waals surface area contributed by atoms with Crippen LogP contribution in [-0.4, -0.2) is 72.6 Å². The van der Waals surface area contributed by atoms with Gasteiger partial charge in [0.25, 0.3) is 0 Å². The van der Waals surface area contributed by atoms with Gasteiger partial charge < -0.3 is 15.4 Å². The number of likely N-dealkylation sites (tertiary alicyclic amines) is 1. The van der Waals surface area contributed by atoms with Crippen molar-refractivity contribution in [1.82, 2.24) is 20.4 Å². The molecule has 0 saturated carbocycles. The topological polar surface area (TPSA) is 91.0 Å². The molecule has 2 aliphatic heterocycles. The van der Waals surface area contributed by atoms with E-state index in [0.29, 0.717) is 39.2 Å². The Bertz CT molecular complexity index is 682. The number of carbonyl (C=O) groups is 3. The molecule has 3 rings (SSSR count). The first-order valence-corrected chi connectivity index (χ1v) is 9.33. The van der Waals surface area contributed by atoms with E-state index in [1.165, 1.54) is 4.90 Å². The van der Waals surface area contributed by atoms with E-state index in [2.05, 4.69) is 15.5 Å². The molecule has 1 aromatic rings. The van der Waals surface area contributed by atoms with E-state index < -0.39 is 6.09 Å². The number of hydrogen-bond acceptors (Lipinski definition) is 5. The van der Waals surface area contributed by atoms with Crippen LogP contribution in [0.5, 0.6) is 0 Å². The van der Waals surface area contributed by atoms with Gasteiger partial charge in [0, 0.05) is 25.7 Å². The fourth-order valence-electron chi connectivity index (χ4n) is 3.58. The lowest BCUT2D eigenvalue weighted by atomic mass is 10.1. The number of carbonyl (C=O) groups excluding carboxylic acids is 3. The fraction of sp³-hybridized carbons (Fsp3) is 0.526. The molecule has 2 heterocycles. The van der Waals surface area contributed by atoms with Gasteiger partial charge in [0.2, 0.25) is 11.8 Å². The summed E-state index contributed by atoms with van der Waals surface area (Å²) in [7, 11) is 0. The van der Waals surface area contributed by atoms with Crippen molar-refractivity contribution in [1.29, 1.82) is 0 Å². The number of cyclic esters (lactones) is 1. The van der Waals surface area contributed by atoms with E-state index in [1.54, 1.807) is 0 Å². The first-order valence-electron chi connectivity index (χ1n) is 9.33. The van der Waals surface area contributed by atoms with Gasteiger partial charge in [0.15, 0.2) is 0 Å². The second kappa shape index (κ2) is 8.85. The van der Waals surface area contributed by atoms with Gasteiger partial charge in [-0.2, -0.15) is 0 Å². The van der Waals surface area contributed by atoms with Gasteiger partial charge in [0.1, 0.15) is 13.2 Å². The van der Waals surface area contributed by atoms with Crippen molar-refractivity contribution >= 4 is 17.9 Å². The molecular formula is C19H26N4O4. The maximum Gasteiger partial charge on any atom is 0.410 e. The number of amides is 3. The summed E-state index contributed by atoms with van der Waals surface area (Å²) in [4.78, 5) is 39.7. The smallest absolute Gasteiger partial charge is 0.410 e. The van der Waals surface area contributed by atoms with Gasteiger partial charge in [0.05, 0.1) is 12.6 Å². The van der Waals surface area contributed by atoms with Gasteiger partial charge in [-0.15, -0.1) is 0 Å². The maximum atomic E-state index is 12.5. The van der Waals surface area contributed by atoms with Crippen molar-refractivity contribution < 1.29 is 19.1 Å². The molecule has 0 spiro atoms. The zero-order valence-electron chi connectivity index (χ0n) is 15.5. The Morgan fingerprint density at radius 2 is 2.04 bits per heavy atom. The van der Waals surface area contributed by atoms with Crippen LogP contribution in [-0.2, 0) is 20.9 Å². The van der Waals surface area contributed by atoms with Crippen molar-refractivity contribution in [2.24, 2.45) is 0 Å². The Hall–Kier alpha value is -2.61. The number of hydrogen-bond donors (Lipinski definition) is 2. The fourth-order valence-corrected chi connectivity index (χ4v) is 3.58. The standard InChI is InChI=1S/C19H26N4O4/c1-2-20-18(25)16-10-15(12-23(16)11-14-6-4-3-5-7-14)21-17(24)13-22-8-9-27-19(22)26/h3-7,15-16H,2,8-13H2,1H3,(H,20,25)(H,21,24). The third kappa shape index (κ3) is 4.97. The highest BCUT2D eigenvalue weighted by molar-refractivity contribution is 5.84. The predicted molar refractivity (Wildman–Crippen MR) is 98.8 cm³/mol. The van der Waals surface area contributed by atoms with Crippen LogP contribution in [0.25, 0.3) is 0 Å². The van der Waals surface area contributed by atoms with Crippen LogP contribution in [0.4, 0.5) is 4.79 Å². The Kier molecular flexibility index (Phi) is 6.28. The molecule has 8 nitrogen and oxygen atoms in total. The molecule has 0 bridgehead atoms. The van der Waals surface area contributed by atoms with E-state index in [4.69, 9.17) is 4.74 Å². The highest BCUT2D eigenvalue weighted by Gasteiger charge is 2.37. The molecule has 0 radical (unpaired) electrons. The van der Waals surface area contributed by atoms with Crippen molar-refractivity contribution in [3.05, 3.63) is 35.9 Å². The van der Waals surface area contributed by atoms with Crippen LogP contribution in [0, 0.1) is 0 Å². The first kappa shape index (κ1) is 19.2. The highest BCUT2D eigenvalue weighted by atomic mass is 16.6. The van der Waals surface area contributed by atoms with E-state index in [-0.39, 0.29) is 30.4 Å². The predicted octanol–water partition coefficient (Wildman–Crippen LogP) is 0.334. The molecule has 3 amide bonds. The van der Waals surface area contributed by atoms with Crippen LogP contribution in [0.15, 0.2) is 30.3 Å². The van der Waals surface area contributed by atoms with Gasteiger partial charge in [-0.05, 0) is 18.9 Å². The lowest BCUT2D eigenvalue weighted by molar-refractivity contribution is -0.125. The Labute approximate surface area is 158 Å². The molecule has 2 saturated heterocycles. The molecular weight excluding hydrogens is 348 g/mol. The largest absolute Gasteiger partial charge is 0.448 e. The van der Waals surface area contributed by atoms with Gasteiger partial charge in [-0.25, -0.2) is 4.79 Å². The third-order valence-corrected chi connectivity index (χ3v) is 4.83. The molecule has 1 aromatic carbocycles. The normalized spacial score (nSPS) is 22.6. The SMILES string of the molecule is CCNC(=O)C1CC(NC(=O)CN2CCOC2=O)CN1Cc1ccccc1. The van der Waals surface area contributed by atoms with E-state index in [9.17, 15) is 14.4 Å². The average Bonchev–Trinajstić information content (AvgIpc) is 3.22. The van der Waals surface area contributed by atoms with Crippen molar-refractivity contribution in [3.8, 4) is 0 Å². The second-order valence-electron chi connectivity index (χ2n) is 6.86. The number of likely N-dealkylation sites (N-methyl/N-ethyl adjacent to an activating group) is 1. The Balaban J connectivity index is 1.60. The zero-order chi connectivity index (χ0) is 19.2. The van der Waals surface area contributed by atoms with E-state index in [0.717, 1.165) is 5.56 Å². The van der Waals surface area contributed by atoms with Crippen molar-refractivity contribution in [3.63, 3.8) is 0 Å². The summed E-state index contributed by atoms with van der Waals surface area (Å²) in [6, 6.07) is 9.54. The maximum absolute atomic E-state index is 12.5. The first-order chi connectivity index (χ1) is 13.1. The zero-order valence-corrected chi connectivity index (χ0v) is 15.5. The summed E-state index contributed by atoms with van der Waals surface area (Å²) in [5.74, 6) is -0.247. The molecule has 8 heteroatoms. The minimum absolute atomic E-state index is 0.0140. The van der Waals surface area contributed by atoms with Gasteiger partial charge >= 0.3 is 6.09 Å². The molecule has 2 unspecified atom stereocenters. The molecule has 0 aromatic heterocycles. The highest BCUT2D eigenvalue weighted by Crippen LogP contribution is 2.21. The monoisotopic (exact) mass is 374 g/mol. The number of nitrogens with zero attached hydrogens (tertiary/aromatic N) is 2. The minimum atomic E-state index is -0.456. The van der Waals surface area contributed by atoms with Gasteiger partial charge in [-0.3, -0.25) is 19.4 Å². The number of rotatable bonds is 7. The molecule has 2 N–H and O–H groups in total. The minimum Gasteiger partial charge on any atom is -0.448 e. The number of nitrogens with one attached hydrogen (secondary N) is 2. The molecule has 0 aliphatic carbocycles. The third-order valence-electron chi connectivity index (χ3n) is 4.83. The van der Waals surface area contributed by atoms with Crippen LogP contribution in [0.3, 0.4) is 0 Å². The summed E-state index contributed by atoms with van der Waals surface area (Å²) in [6.07, 6.45) is 0.0944. The van der Waals surface area contributed by atoms with Crippen LogP contribution >= 0.6 is 0 Å². The lowest BCUT2D eigenvalue weighted by Crippen LogP contribution is -2.43. The van der Waals surface area contributed by atoms with Crippen LogP contribution < -0.4 is 10.6 Å². The van der Waals surface area contributed by atoms with E-state index >= 15 is 0 Å². The Morgan fingerprint density at radius 3 is 2.70 bits per heavy atom. The van der Waals surface area contributed by atoms with Crippen molar-refractivity contribution in [2.45, 2.75) is 32.0 Å². The summed E-state index contributed by atoms with van der Waals surface area (Å²) in [6.45, 7) is 4.43. The number of ether oxygens (including phenoxy) is 1. The molecule has 27 heavy (non-hydrogen) atoms. The summed E-state index contributed by atoms with van der Waals surface area (Å²) < 4.78 is 4.84.